The molecule has 0 spiro atoms. The van der Waals surface area contributed by atoms with Crippen LogP contribution in [0.5, 0.6) is 11.5 Å². The number of methoxy groups -OCH3 is 1. The van der Waals surface area contributed by atoms with Crippen LogP contribution in [0.2, 0.25) is 0 Å². The fourth-order valence-corrected chi connectivity index (χ4v) is 2.10. The fourth-order valence-electron chi connectivity index (χ4n) is 2.10. The highest BCUT2D eigenvalue weighted by Gasteiger charge is 2.06. The maximum absolute atomic E-state index is 12.1. The Morgan fingerprint density at radius 2 is 1.57 bits per heavy atom. The summed E-state index contributed by atoms with van der Waals surface area (Å²) in [5, 5.41) is 0. The molecule has 0 aliphatic rings. The Balaban J connectivity index is 1.90. The van der Waals surface area contributed by atoms with Crippen molar-refractivity contribution >= 4 is 5.78 Å². The van der Waals surface area contributed by atoms with Gasteiger partial charge in [0.05, 0.1) is 13.7 Å². The molecule has 0 amide bonds. The number of carbonyl (C=O) groups excluding carboxylic acids is 1. The first-order valence-electron chi connectivity index (χ1n) is 7.12. The first-order chi connectivity index (χ1) is 10.2. The summed E-state index contributed by atoms with van der Waals surface area (Å²) in [5.74, 6) is 1.77. The van der Waals surface area contributed by atoms with Crippen LogP contribution < -0.4 is 9.47 Å². The summed E-state index contributed by atoms with van der Waals surface area (Å²) in [6, 6.07) is 15.1. The van der Waals surface area contributed by atoms with Gasteiger partial charge in [0.15, 0.2) is 5.78 Å². The second-order valence-corrected chi connectivity index (χ2v) is 4.73. The van der Waals surface area contributed by atoms with E-state index in [1.165, 1.54) is 0 Å². The van der Waals surface area contributed by atoms with Crippen LogP contribution in [0.4, 0.5) is 0 Å². The molecule has 0 radical (unpaired) electrons. The summed E-state index contributed by atoms with van der Waals surface area (Å²) in [7, 11) is 1.61. The molecule has 3 nitrogen and oxygen atoms in total. The van der Waals surface area contributed by atoms with Gasteiger partial charge < -0.3 is 9.47 Å². The summed E-state index contributed by atoms with van der Waals surface area (Å²) >= 11 is 0. The van der Waals surface area contributed by atoms with Crippen LogP contribution in [0.3, 0.4) is 0 Å². The molecule has 0 unspecified atom stereocenters. The van der Waals surface area contributed by atoms with Gasteiger partial charge in [0.25, 0.3) is 0 Å². The quantitative estimate of drug-likeness (QED) is 0.723. The lowest BCUT2D eigenvalue weighted by atomic mass is 10.0. The smallest absolute Gasteiger partial charge is 0.163 e. The van der Waals surface area contributed by atoms with E-state index in [0.717, 1.165) is 29.0 Å². The zero-order valence-corrected chi connectivity index (χ0v) is 12.5. The Morgan fingerprint density at radius 3 is 2.14 bits per heavy atom. The molecule has 0 N–H and O–H groups in total. The molecule has 3 heteroatoms. The van der Waals surface area contributed by atoms with Crippen LogP contribution in [-0.4, -0.2) is 19.5 Å². The predicted molar refractivity (Wildman–Crippen MR) is 83.3 cm³/mol. The second kappa shape index (κ2) is 7.48. The predicted octanol–water partition coefficient (Wildman–Crippen LogP) is 3.91. The molecule has 0 atom stereocenters. The molecular formula is C18H20O3. The van der Waals surface area contributed by atoms with E-state index in [1.54, 1.807) is 19.2 Å². The molecule has 0 aliphatic heterocycles. The lowest BCUT2D eigenvalue weighted by Crippen LogP contribution is -2.01. The summed E-state index contributed by atoms with van der Waals surface area (Å²) in [4.78, 5) is 12.1. The van der Waals surface area contributed by atoms with Crippen molar-refractivity contribution in [1.29, 1.82) is 0 Å². The zero-order chi connectivity index (χ0) is 15.1. The minimum absolute atomic E-state index is 0.145. The number of hydrogen-bond donors (Lipinski definition) is 0. The molecule has 2 rings (SSSR count). The van der Waals surface area contributed by atoms with E-state index in [4.69, 9.17) is 9.47 Å². The molecule has 0 fully saturated rings. The highest BCUT2D eigenvalue weighted by Crippen LogP contribution is 2.16. The Hall–Kier alpha value is -2.29. The van der Waals surface area contributed by atoms with E-state index in [-0.39, 0.29) is 5.78 Å². The number of rotatable bonds is 7. The molecule has 0 saturated carbocycles. The van der Waals surface area contributed by atoms with Crippen molar-refractivity contribution in [3.8, 4) is 11.5 Å². The lowest BCUT2D eigenvalue weighted by molar-refractivity contribution is 0.0983. The zero-order valence-electron chi connectivity index (χ0n) is 12.5. The molecule has 0 heterocycles. The van der Waals surface area contributed by atoms with Crippen molar-refractivity contribution in [2.24, 2.45) is 0 Å². The van der Waals surface area contributed by atoms with Gasteiger partial charge in [-0.1, -0.05) is 12.1 Å². The average molecular weight is 284 g/mol. The SMILES string of the molecule is CCOc1ccc(CCC(=O)c2ccc(OC)cc2)cc1. The van der Waals surface area contributed by atoms with Gasteiger partial charge in [-0.3, -0.25) is 4.79 Å². The highest BCUT2D eigenvalue weighted by atomic mass is 16.5. The number of hydrogen-bond acceptors (Lipinski definition) is 3. The number of Topliss-reactive ketones (excluding diaryl/α,β-unsaturated/α-hetero) is 1. The lowest BCUT2D eigenvalue weighted by Gasteiger charge is -2.05. The van der Waals surface area contributed by atoms with Crippen LogP contribution in [0.1, 0.15) is 29.3 Å². The Bertz CT molecular complexity index is 570. The van der Waals surface area contributed by atoms with E-state index < -0.39 is 0 Å². The van der Waals surface area contributed by atoms with Crippen LogP contribution in [0, 0.1) is 0 Å². The number of ether oxygens (including phenoxy) is 2. The van der Waals surface area contributed by atoms with Crippen molar-refractivity contribution < 1.29 is 14.3 Å². The van der Waals surface area contributed by atoms with Crippen LogP contribution in [0.15, 0.2) is 48.5 Å². The van der Waals surface area contributed by atoms with E-state index in [9.17, 15) is 4.79 Å². The molecule has 0 bridgehead atoms. The third-order valence-corrected chi connectivity index (χ3v) is 3.29. The fraction of sp³-hybridized carbons (Fsp3) is 0.278. The molecule has 2 aromatic carbocycles. The Kier molecular flexibility index (Phi) is 5.38. The first kappa shape index (κ1) is 15.1. The largest absolute Gasteiger partial charge is 0.497 e. The second-order valence-electron chi connectivity index (χ2n) is 4.73. The Labute approximate surface area is 125 Å². The van der Waals surface area contributed by atoms with Gasteiger partial charge in [-0.2, -0.15) is 0 Å². The third-order valence-electron chi connectivity index (χ3n) is 3.29. The Morgan fingerprint density at radius 1 is 0.952 bits per heavy atom. The van der Waals surface area contributed by atoms with Gasteiger partial charge >= 0.3 is 0 Å². The van der Waals surface area contributed by atoms with Crippen LogP contribution in [0.25, 0.3) is 0 Å². The summed E-state index contributed by atoms with van der Waals surface area (Å²) in [6.07, 6.45) is 1.23. The average Bonchev–Trinajstić information content (AvgIpc) is 2.54. The van der Waals surface area contributed by atoms with E-state index in [1.807, 2.05) is 43.3 Å². The minimum Gasteiger partial charge on any atom is -0.497 e. The number of ketones is 1. The monoisotopic (exact) mass is 284 g/mol. The summed E-state index contributed by atoms with van der Waals surface area (Å²) < 4.78 is 10.5. The topological polar surface area (TPSA) is 35.5 Å². The van der Waals surface area contributed by atoms with Crippen molar-refractivity contribution in [2.75, 3.05) is 13.7 Å². The number of aryl methyl sites for hydroxylation is 1. The molecule has 0 aliphatic carbocycles. The maximum Gasteiger partial charge on any atom is 0.163 e. The minimum atomic E-state index is 0.145. The van der Waals surface area contributed by atoms with Gasteiger partial charge in [0.2, 0.25) is 0 Å². The van der Waals surface area contributed by atoms with Crippen LogP contribution in [-0.2, 0) is 6.42 Å². The van der Waals surface area contributed by atoms with Crippen molar-refractivity contribution in [3.05, 3.63) is 59.7 Å². The third kappa shape index (κ3) is 4.35. The van der Waals surface area contributed by atoms with Crippen LogP contribution >= 0.6 is 0 Å². The number of benzene rings is 2. The molecule has 2 aromatic rings. The van der Waals surface area contributed by atoms with Gasteiger partial charge in [-0.25, -0.2) is 0 Å². The highest BCUT2D eigenvalue weighted by molar-refractivity contribution is 5.96. The van der Waals surface area contributed by atoms with Gasteiger partial charge in [-0.15, -0.1) is 0 Å². The van der Waals surface area contributed by atoms with Gasteiger partial charge in [0, 0.05) is 12.0 Å². The van der Waals surface area contributed by atoms with Crippen molar-refractivity contribution in [1.82, 2.24) is 0 Å². The molecular weight excluding hydrogens is 264 g/mol. The van der Waals surface area contributed by atoms with E-state index in [0.29, 0.717) is 13.0 Å². The summed E-state index contributed by atoms with van der Waals surface area (Å²) in [5.41, 5.74) is 1.86. The summed E-state index contributed by atoms with van der Waals surface area (Å²) in [6.45, 7) is 2.62. The molecule has 0 aromatic heterocycles. The number of carbonyl (C=O) groups is 1. The standard InChI is InChI=1S/C18H20O3/c1-3-21-17-9-4-14(5-10-17)6-13-18(19)15-7-11-16(20-2)12-8-15/h4-5,7-12H,3,6,13H2,1-2H3. The van der Waals surface area contributed by atoms with Crippen molar-refractivity contribution in [3.63, 3.8) is 0 Å². The molecule has 0 saturated heterocycles. The van der Waals surface area contributed by atoms with E-state index in [2.05, 4.69) is 0 Å². The van der Waals surface area contributed by atoms with Gasteiger partial charge in [-0.05, 0) is 55.3 Å². The van der Waals surface area contributed by atoms with Crippen molar-refractivity contribution in [2.45, 2.75) is 19.8 Å². The normalized spacial score (nSPS) is 10.2. The molecule has 21 heavy (non-hydrogen) atoms. The van der Waals surface area contributed by atoms with E-state index >= 15 is 0 Å². The maximum atomic E-state index is 12.1. The molecule has 110 valence electrons. The first-order valence-corrected chi connectivity index (χ1v) is 7.12. The van der Waals surface area contributed by atoms with Gasteiger partial charge in [0.1, 0.15) is 11.5 Å².